The number of hydrogen-bond donors (Lipinski definition) is 2. The van der Waals surface area contributed by atoms with Crippen molar-refractivity contribution in [1.82, 2.24) is 4.41 Å². The predicted octanol–water partition coefficient (Wildman–Crippen LogP) is 2.11. The summed E-state index contributed by atoms with van der Waals surface area (Å²) in [5, 5.41) is 14.4. The molecule has 0 aliphatic carbocycles. The molecule has 0 saturated carbocycles. The van der Waals surface area contributed by atoms with Gasteiger partial charge in [-0.3, -0.25) is 5.41 Å². The maximum Gasteiger partial charge on any atom is 0.340 e. The second-order valence-corrected chi connectivity index (χ2v) is 7.49. The van der Waals surface area contributed by atoms with Crippen molar-refractivity contribution in [2.45, 2.75) is 4.90 Å². The lowest BCUT2D eigenvalue weighted by Crippen LogP contribution is -2.37. The summed E-state index contributed by atoms with van der Waals surface area (Å²) in [5.41, 5.74) is 5.75. The van der Waals surface area contributed by atoms with Crippen molar-refractivity contribution >= 4 is 51.1 Å². The molecule has 0 aliphatic heterocycles. The van der Waals surface area contributed by atoms with Gasteiger partial charge in [0.05, 0.1) is 18.9 Å². The van der Waals surface area contributed by atoms with E-state index in [-0.39, 0.29) is 10.5 Å². The lowest BCUT2D eigenvalue weighted by molar-refractivity contribution is 0.0597. The number of benzene rings is 1. The van der Waals surface area contributed by atoms with Gasteiger partial charge in [0.2, 0.25) is 5.96 Å². The molecule has 8 nitrogen and oxygen atoms in total. The van der Waals surface area contributed by atoms with Crippen LogP contribution in [0.3, 0.4) is 0 Å². The summed E-state index contributed by atoms with van der Waals surface area (Å²) in [6.07, 6.45) is 1.21. The van der Waals surface area contributed by atoms with Crippen molar-refractivity contribution in [2.75, 3.05) is 7.11 Å². The summed E-state index contributed by atoms with van der Waals surface area (Å²) in [6, 6.07) is 6.43. The zero-order valence-electron chi connectivity index (χ0n) is 12.8. The number of nitrogens with zero attached hydrogens (tertiary/aromatic N) is 2. The topological polar surface area (TPSA) is 126 Å². The van der Waals surface area contributed by atoms with Crippen LogP contribution in [0.25, 0.3) is 0 Å². The normalized spacial score (nSPS) is 11.4. The first kappa shape index (κ1) is 18.9. The number of hydrogen-bond acceptors (Lipinski definition) is 7. The Labute approximate surface area is 153 Å². The highest BCUT2D eigenvalue weighted by atomic mass is 35.5. The fraction of sp³-hybridized carbons (Fsp3) is 0.0714. The Kier molecular flexibility index (Phi) is 5.77. The molecule has 0 saturated heterocycles. The number of esters is 1. The average Bonchev–Trinajstić information content (AvgIpc) is 3.06. The standard InChI is InChI=1S/C14H13ClN4O4S2/c1-23-13(20)11-7-24-8-12(11)25(21,22)19(14(16)17)18-6-9-2-4-10(15)5-3-9/h2-8H,1H3,(H3,16,17)/b18-6+. The van der Waals surface area contributed by atoms with Gasteiger partial charge in [-0.05, 0) is 17.7 Å². The zero-order chi connectivity index (χ0) is 18.6. The predicted molar refractivity (Wildman–Crippen MR) is 95.6 cm³/mol. The van der Waals surface area contributed by atoms with Crippen molar-refractivity contribution in [3.8, 4) is 0 Å². The number of nitrogens with two attached hydrogens (primary N) is 1. The van der Waals surface area contributed by atoms with Crippen molar-refractivity contribution in [1.29, 1.82) is 5.41 Å². The molecule has 0 atom stereocenters. The van der Waals surface area contributed by atoms with Crippen LogP contribution in [0.1, 0.15) is 15.9 Å². The smallest absolute Gasteiger partial charge is 0.340 e. The van der Waals surface area contributed by atoms with E-state index in [4.69, 9.17) is 22.7 Å². The maximum atomic E-state index is 12.7. The van der Waals surface area contributed by atoms with E-state index in [1.807, 2.05) is 0 Å². The Morgan fingerprint density at radius 1 is 1.36 bits per heavy atom. The quantitative estimate of drug-likeness (QED) is 0.344. The number of halogens is 1. The number of carbonyl (C=O) groups is 1. The molecule has 132 valence electrons. The lowest BCUT2D eigenvalue weighted by atomic mass is 10.2. The third kappa shape index (κ3) is 4.16. The molecule has 0 aliphatic rings. The molecule has 0 amide bonds. The van der Waals surface area contributed by atoms with E-state index >= 15 is 0 Å². The van der Waals surface area contributed by atoms with Crippen molar-refractivity contribution in [3.05, 3.63) is 51.2 Å². The van der Waals surface area contributed by atoms with E-state index in [0.29, 0.717) is 15.0 Å². The molecule has 11 heteroatoms. The number of carbonyl (C=O) groups excluding carboxylic acids is 1. The van der Waals surface area contributed by atoms with Gasteiger partial charge in [0.1, 0.15) is 4.90 Å². The van der Waals surface area contributed by atoms with Gasteiger partial charge in [-0.25, -0.2) is 4.79 Å². The molecule has 0 radical (unpaired) electrons. The molecule has 3 N–H and O–H groups in total. The van der Waals surface area contributed by atoms with Crippen LogP contribution in [0.4, 0.5) is 0 Å². The highest BCUT2D eigenvalue weighted by Crippen LogP contribution is 2.25. The van der Waals surface area contributed by atoms with Crippen LogP contribution in [-0.2, 0) is 14.8 Å². The van der Waals surface area contributed by atoms with E-state index in [2.05, 4.69) is 9.84 Å². The molecule has 1 heterocycles. The molecule has 0 fully saturated rings. The molecule has 0 spiro atoms. The van der Waals surface area contributed by atoms with Crippen LogP contribution in [-0.4, -0.2) is 38.1 Å². The third-order valence-electron chi connectivity index (χ3n) is 2.93. The second kappa shape index (κ2) is 7.64. The van der Waals surface area contributed by atoms with Gasteiger partial charge in [0.25, 0.3) is 10.0 Å². The maximum absolute atomic E-state index is 12.7. The number of rotatable bonds is 5. The number of nitrogens with one attached hydrogen (secondary N) is 1. The number of ether oxygens (including phenoxy) is 1. The van der Waals surface area contributed by atoms with Gasteiger partial charge >= 0.3 is 5.97 Å². The van der Waals surface area contributed by atoms with E-state index in [0.717, 1.165) is 18.4 Å². The minimum absolute atomic E-state index is 0.152. The molecule has 1 aromatic carbocycles. The minimum atomic E-state index is -4.35. The van der Waals surface area contributed by atoms with Crippen LogP contribution in [0.15, 0.2) is 45.0 Å². The van der Waals surface area contributed by atoms with E-state index in [1.165, 1.54) is 17.0 Å². The highest BCUT2D eigenvalue weighted by molar-refractivity contribution is 7.89. The summed E-state index contributed by atoms with van der Waals surface area (Å²) >= 11 is 6.78. The fourth-order valence-electron chi connectivity index (χ4n) is 1.76. The van der Waals surface area contributed by atoms with Gasteiger partial charge in [0, 0.05) is 15.8 Å². The van der Waals surface area contributed by atoms with E-state index < -0.39 is 22.0 Å². The van der Waals surface area contributed by atoms with Crippen LogP contribution >= 0.6 is 22.9 Å². The Morgan fingerprint density at radius 3 is 2.56 bits per heavy atom. The van der Waals surface area contributed by atoms with Gasteiger partial charge in [-0.1, -0.05) is 23.7 Å². The van der Waals surface area contributed by atoms with Crippen LogP contribution in [0, 0.1) is 5.41 Å². The summed E-state index contributed by atoms with van der Waals surface area (Å²) in [5.74, 6) is -1.64. The number of methoxy groups -OCH3 is 1. The molecule has 2 aromatic rings. The van der Waals surface area contributed by atoms with Crippen molar-refractivity contribution in [2.24, 2.45) is 10.8 Å². The first-order valence-corrected chi connectivity index (χ1v) is 9.37. The zero-order valence-corrected chi connectivity index (χ0v) is 15.2. The fourth-order valence-corrected chi connectivity index (χ4v) is 4.33. The van der Waals surface area contributed by atoms with Gasteiger partial charge in [-0.15, -0.1) is 4.41 Å². The van der Waals surface area contributed by atoms with Crippen molar-refractivity contribution in [3.63, 3.8) is 0 Å². The van der Waals surface area contributed by atoms with Crippen LogP contribution in [0.5, 0.6) is 0 Å². The Hall–Kier alpha value is -2.43. The minimum Gasteiger partial charge on any atom is -0.465 e. The molecular weight excluding hydrogens is 388 g/mol. The number of thiophene rings is 1. The van der Waals surface area contributed by atoms with E-state index in [9.17, 15) is 13.2 Å². The van der Waals surface area contributed by atoms with E-state index in [1.54, 1.807) is 24.3 Å². The molecular formula is C14H13ClN4O4S2. The molecule has 0 unspecified atom stereocenters. The van der Waals surface area contributed by atoms with Crippen LogP contribution in [0.2, 0.25) is 5.02 Å². The van der Waals surface area contributed by atoms with Crippen LogP contribution < -0.4 is 5.73 Å². The Balaban J connectivity index is 2.42. The monoisotopic (exact) mass is 400 g/mol. The Morgan fingerprint density at radius 2 is 2.00 bits per heavy atom. The number of hydrazone groups is 1. The summed E-state index contributed by atoms with van der Waals surface area (Å²) in [7, 11) is -3.21. The molecule has 25 heavy (non-hydrogen) atoms. The second-order valence-electron chi connectivity index (χ2n) is 4.57. The highest BCUT2D eigenvalue weighted by Gasteiger charge is 2.31. The first-order valence-electron chi connectivity index (χ1n) is 6.60. The summed E-state index contributed by atoms with van der Waals surface area (Å²) < 4.78 is 30.3. The summed E-state index contributed by atoms with van der Waals surface area (Å²) in [4.78, 5) is 11.4. The molecule has 0 bridgehead atoms. The third-order valence-corrected chi connectivity index (χ3v) is 5.71. The Bertz CT molecular complexity index is 923. The molecule has 1 aromatic heterocycles. The van der Waals surface area contributed by atoms with Gasteiger partial charge < -0.3 is 10.5 Å². The molecule has 2 rings (SSSR count). The number of sulfonamides is 1. The first-order chi connectivity index (χ1) is 11.8. The van der Waals surface area contributed by atoms with Crippen molar-refractivity contribution < 1.29 is 17.9 Å². The van der Waals surface area contributed by atoms with Gasteiger partial charge in [0.15, 0.2) is 0 Å². The number of guanidine groups is 1. The average molecular weight is 401 g/mol. The largest absolute Gasteiger partial charge is 0.465 e. The SMILES string of the molecule is COC(=O)c1cscc1S(=O)(=O)N(/N=C/c1ccc(Cl)cc1)C(=N)N. The van der Waals surface area contributed by atoms with Gasteiger partial charge in [-0.2, -0.15) is 24.9 Å². The summed E-state index contributed by atoms with van der Waals surface area (Å²) in [6.45, 7) is 0. The lowest BCUT2D eigenvalue weighted by Gasteiger charge is -2.16.